The molecule has 1 saturated carbocycles. The molecule has 118 valence electrons. The van der Waals surface area contributed by atoms with Crippen LogP contribution in [0.4, 0.5) is 0 Å². The van der Waals surface area contributed by atoms with E-state index < -0.39 is 10.0 Å². The summed E-state index contributed by atoms with van der Waals surface area (Å²) in [6.45, 7) is 1.35. The Morgan fingerprint density at radius 3 is 2.62 bits per heavy atom. The fraction of sp³-hybridized carbons (Fsp3) is 0.733. The minimum Gasteiger partial charge on any atom is -0.352 e. The Morgan fingerprint density at radius 2 is 1.95 bits per heavy atom. The Hall–Kier alpha value is -0.520. The molecule has 2 aliphatic rings. The third-order valence-electron chi connectivity index (χ3n) is 5.11. The number of nitrogens with zero attached hydrogens (tertiary/aromatic N) is 2. The topological polar surface area (TPSA) is 42.3 Å². The highest BCUT2D eigenvalue weighted by molar-refractivity contribution is 7.89. The number of hydrogen-bond donors (Lipinski definition) is 0. The minimum atomic E-state index is -3.37. The van der Waals surface area contributed by atoms with Crippen molar-refractivity contribution in [1.82, 2.24) is 8.87 Å². The minimum absolute atomic E-state index is 0.330. The van der Waals surface area contributed by atoms with Crippen molar-refractivity contribution in [3.05, 3.63) is 18.0 Å². The lowest BCUT2D eigenvalue weighted by Gasteiger charge is -2.40. The van der Waals surface area contributed by atoms with Gasteiger partial charge in [0.1, 0.15) is 4.90 Å². The summed E-state index contributed by atoms with van der Waals surface area (Å²) in [5.41, 5.74) is 0.836. The maximum absolute atomic E-state index is 12.8. The molecule has 2 heterocycles. The van der Waals surface area contributed by atoms with E-state index in [2.05, 4.69) is 0 Å². The van der Waals surface area contributed by atoms with Crippen molar-refractivity contribution in [3.8, 4) is 0 Å². The summed E-state index contributed by atoms with van der Waals surface area (Å²) in [6, 6.07) is 1.70. The van der Waals surface area contributed by atoms with Gasteiger partial charge < -0.3 is 4.57 Å². The second-order valence-electron chi connectivity index (χ2n) is 6.37. The van der Waals surface area contributed by atoms with Gasteiger partial charge in [-0.3, -0.25) is 0 Å². The Morgan fingerprint density at radius 1 is 1.24 bits per heavy atom. The Kier molecular flexibility index (Phi) is 4.35. The Bertz CT molecular complexity index is 611. The van der Waals surface area contributed by atoms with Gasteiger partial charge in [-0.2, -0.15) is 4.31 Å². The fourth-order valence-electron chi connectivity index (χ4n) is 3.79. The average Bonchev–Trinajstić information content (AvgIpc) is 2.88. The lowest BCUT2D eigenvalue weighted by atomic mass is 9.76. The first-order chi connectivity index (χ1) is 10.0. The van der Waals surface area contributed by atoms with Gasteiger partial charge in [0.15, 0.2) is 0 Å². The molecule has 1 saturated heterocycles. The fourth-order valence-corrected chi connectivity index (χ4v) is 5.66. The summed E-state index contributed by atoms with van der Waals surface area (Å²) >= 11 is 5.84. The van der Waals surface area contributed by atoms with E-state index in [0.717, 1.165) is 18.0 Å². The molecule has 0 aromatic carbocycles. The van der Waals surface area contributed by atoms with Crippen molar-refractivity contribution in [2.45, 2.75) is 42.9 Å². The third-order valence-corrected chi connectivity index (χ3v) is 7.22. The van der Waals surface area contributed by atoms with E-state index in [1.165, 1.54) is 25.7 Å². The second-order valence-corrected chi connectivity index (χ2v) is 8.57. The van der Waals surface area contributed by atoms with Crippen molar-refractivity contribution in [1.29, 1.82) is 0 Å². The van der Waals surface area contributed by atoms with Crippen LogP contribution in [0.2, 0.25) is 0 Å². The zero-order valence-corrected chi connectivity index (χ0v) is 14.0. The third kappa shape index (κ3) is 2.88. The lowest BCUT2D eigenvalue weighted by Crippen LogP contribution is -2.44. The molecule has 2 unspecified atom stereocenters. The number of aryl methyl sites for hydroxylation is 1. The van der Waals surface area contributed by atoms with Gasteiger partial charge in [-0.05, 0) is 30.7 Å². The molecule has 4 nitrogen and oxygen atoms in total. The van der Waals surface area contributed by atoms with Gasteiger partial charge in [0.05, 0.1) is 5.88 Å². The molecular formula is C15H23ClN2O2S. The molecule has 1 aliphatic carbocycles. The van der Waals surface area contributed by atoms with Crippen LogP contribution < -0.4 is 0 Å². The average molecular weight is 331 g/mol. The van der Waals surface area contributed by atoms with E-state index in [4.69, 9.17) is 11.6 Å². The van der Waals surface area contributed by atoms with Gasteiger partial charge in [-0.25, -0.2) is 8.42 Å². The van der Waals surface area contributed by atoms with E-state index >= 15 is 0 Å². The van der Waals surface area contributed by atoms with Crippen LogP contribution in [0.15, 0.2) is 17.2 Å². The molecule has 0 amide bonds. The number of fused-ring (bicyclic) bond motifs is 1. The first kappa shape index (κ1) is 15.4. The number of aromatic nitrogens is 1. The molecule has 0 bridgehead atoms. The SMILES string of the molecule is Cn1cc(S(=O)(=O)N2CCC3CCCCC3C2)cc1CCl. The molecule has 2 atom stereocenters. The maximum Gasteiger partial charge on any atom is 0.244 e. The summed E-state index contributed by atoms with van der Waals surface area (Å²) in [5.74, 6) is 1.62. The van der Waals surface area contributed by atoms with E-state index in [1.807, 2.05) is 7.05 Å². The number of hydrogen-bond acceptors (Lipinski definition) is 2. The molecular weight excluding hydrogens is 308 g/mol. The van der Waals surface area contributed by atoms with E-state index in [0.29, 0.717) is 29.8 Å². The van der Waals surface area contributed by atoms with Crippen molar-refractivity contribution in [2.24, 2.45) is 18.9 Å². The van der Waals surface area contributed by atoms with Crippen LogP contribution in [-0.4, -0.2) is 30.4 Å². The molecule has 0 spiro atoms. The monoisotopic (exact) mass is 330 g/mol. The predicted octanol–water partition coefficient (Wildman–Crippen LogP) is 2.96. The molecule has 1 aromatic rings. The van der Waals surface area contributed by atoms with Crippen LogP contribution in [0.5, 0.6) is 0 Å². The lowest BCUT2D eigenvalue weighted by molar-refractivity contribution is 0.136. The highest BCUT2D eigenvalue weighted by atomic mass is 35.5. The summed E-state index contributed by atoms with van der Waals surface area (Å²) in [6.07, 6.45) is 7.71. The van der Waals surface area contributed by atoms with Crippen molar-refractivity contribution >= 4 is 21.6 Å². The van der Waals surface area contributed by atoms with E-state index in [1.54, 1.807) is 21.1 Å². The van der Waals surface area contributed by atoms with Crippen LogP contribution in [-0.2, 0) is 23.0 Å². The molecule has 21 heavy (non-hydrogen) atoms. The van der Waals surface area contributed by atoms with Crippen LogP contribution in [0.1, 0.15) is 37.8 Å². The van der Waals surface area contributed by atoms with Crippen molar-refractivity contribution in [2.75, 3.05) is 13.1 Å². The number of rotatable bonds is 3. The first-order valence-corrected chi connectivity index (χ1v) is 9.71. The zero-order chi connectivity index (χ0) is 15.0. The van der Waals surface area contributed by atoms with Gasteiger partial charge in [0.25, 0.3) is 0 Å². The van der Waals surface area contributed by atoms with Crippen LogP contribution >= 0.6 is 11.6 Å². The van der Waals surface area contributed by atoms with Gasteiger partial charge in [-0.15, -0.1) is 11.6 Å². The Balaban J connectivity index is 1.81. The predicted molar refractivity (Wildman–Crippen MR) is 83.8 cm³/mol. The van der Waals surface area contributed by atoms with Crippen molar-refractivity contribution in [3.63, 3.8) is 0 Å². The standard InChI is InChI=1S/C15H23ClN2O2S/c1-17-11-15(8-14(17)9-16)21(19,20)18-7-6-12-4-2-3-5-13(12)10-18/h8,11-13H,2-7,9-10H2,1H3. The molecule has 0 radical (unpaired) electrons. The molecule has 6 heteroatoms. The van der Waals surface area contributed by atoms with Gasteiger partial charge in [0, 0.05) is 32.0 Å². The largest absolute Gasteiger partial charge is 0.352 e. The maximum atomic E-state index is 12.8. The second kappa shape index (κ2) is 5.94. The van der Waals surface area contributed by atoms with E-state index in [9.17, 15) is 8.42 Å². The van der Waals surface area contributed by atoms with Crippen LogP contribution in [0.3, 0.4) is 0 Å². The molecule has 1 aromatic heterocycles. The molecule has 2 fully saturated rings. The molecule has 1 aliphatic heterocycles. The number of sulfonamides is 1. The molecule has 0 N–H and O–H groups in total. The van der Waals surface area contributed by atoms with Gasteiger partial charge >= 0.3 is 0 Å². The summed E-state index contributed by atoms with van der Waals surface area (Å²) < 4.78 is 29.1. The highest BCUT2D eigenvalue weighted by Gasteiger charge is 2.36. The molecule has 3 rings (SSSR count). The normalized spacial score (nSPS) is 27.5. The summed E-state index contributed by atoms with van der Waals surface area (Å²) in [4.78, 5) is 0.384. The number of halogens is 1. The van der Waals surface area contributed by atoms with Crippen LogP contribution in [0.25, 0.3) is 0 Å². The van der Waals surface area contributed by atoms with Gasteiger partial charge in [0.2, 0.25) is 10.0 Å². The Labute approximate surface area is 132 Å². The zero-order valence-electron chi connectivity index (χ0n) is 12.5. The van der Waals surface area contributed by atoms with E-state index in [-0.39, 0.29) is 0 Å². The first-order valence-electron chi connectivity index (χ1n) is 7.73. The summed E-state index contributed by atoms with van der Waals surface area (Å²) in [7, 11) is -1.53. The van der Waals surface area contributed by atoms with Crippen LogP contribution in [0, 0.1) is 11.8 Å². The number of alkyl halides is 1. The highest BCUT2D eigenvalue weighted by Crippen LogP contribution is 2.37. The smallest absolute Gasteiger partial charge is 0.244 e. The quantitative estimate of drug-likeness (QED) is 0.800. The summed E-state index contributed by atoms with van der Waals surface area (Å²) in [5, 5.41) is 0. The van der Waals surface area contributed by atoms with Gasteiger partial charge in [-0.1, -0.05) is 19.3 Å². The number of piperidine rings is 1. The van der Waals surface area contributed by atoms with Crippen molar-refractivity contribution < 1.29 is 8.42 Å².